The first-order chi connectivity index (χ1) is 12.1. The third-order valence-corrected chi connectivity index (χ3v) is 4.29. The van der Waals surface area contributed by atoms with E-state index in [1.54, 1.807) is 6.20 Å². The molecule has 0 unspecified atom stereocenters. The standard InChI is InChI=1S/C18H24BrN3O3/c1-4-22-15(14(19)11-21-22)12-20-18(23)10-13-7-8-16(24-5-2)17(9-13)25-6-3/h7-9,11H,4-6,10,12H2,1-3H3,(H,20,23). The van der Waals surface area contributed by atoms with E-state index in [4.69, 9.17) is 9.47 Å². The van der Waals surface area contributed by atoms with Crippen LogP contribution in [0, 0.1) is 0 Å². The Bertz CT molecular complexity index is 716. The fourth-order valence-electron chi connectivity index (χ4n) is 2.47. The lowest BCUT2D eigenvalue weighted by Crippen LogP contribution is -2.26. The molecule has 0 fully saturated rings. The minimum Gasteiger partial charge on any atom is -0.490 e. The van der Waals surface area contributed by atoms with Crippen LogP contribution in [0.3, 0.4) is 0 Å². The number of nitrogens with one attached hydrogen (secondary N) is 1. The number of carbonyl (C=O) groups excluding carboxylic acids is 1. The molecule has 7 heteroatoms. The van der Waals surface area contributed by atoms with E-state index in [0.29, 0.717) is 31.3 Å². The highest BCUT2D eigenvalue weighted by Gasteiger charge is 2.12. The second-order valence-corrected chi connectivity index (χ2v) is 6.21. The predicted molar refractivity (Wildman–Crippen MR) is 99.9 cm³/mol. The fourth-order valence-corrected chi connectivity index (χ4v) is 2.91. The molecule has 2 aromatic rings. The maximum atomic E-state index is 12.3. The maximum Gasteiger partial charge on any atom is 0.224 e. The Labute approximate surface area is 156 Å². The minimum absolute atomic E-state index is 0.0534. The van der Waals surface area contributed by atoms with E-state index in [1.807, 2.05) is 43.7 Å². The summed E-state index contributed by atoms with van der Waals surface area (Å²) in [7, 11) is 0. The number of ether oxygens (including phenoxy) is 2. The molecule has 1 aromatic carbocycles. The largest absolute Gasteiger partial charge is 0.490 e. The van der Waals surface area contributed by atoms with Crippen LogP contribution in [0.5, 0.6) is 11.5 Å². The van der Waals surface area contributed by atoms with Crippen LogP contribution in [0.2, 0.25) is 0 Å². The second kappa shape index (κ2) is 9.46. The monoisotopic (exact) mass is 409 g/mol. The smallest absolute Gasteiger partial charge is 0.224 e. The maximum absolute atomic E-state index is 12.3. The van der Waals surface area contributed by atoms with Gasteiger partial charge in [-0.05, 0) is 54.4 Å². The molecule has 6 nitrogen and oxygen atoms in total. The Kier molecular flexibility index (Phi) is 7.31. The molecular weight excluding hydrogens is 386 g/mol. The lowest BCUT2D eigenvalue weighted by atomic mass is 10.1. The van der Waals surface area contributed by atoms with Crippen LogP contribution in [-0.4, -0.2) is 28.9 Å². The van der Waals surface area contributed by atoms with Gasteiger partial charge in [0.1, 0.15) is 0 Å². The highest BCUT2D eigenvalue weighted by Crippen LogP contribution is 2.28. The molecule has 1 heterocycles. The lowest BCUT2D eigenvalue weighted by molar-refractivity contribution is -0.120. The van der Waals surface area contributed by atoms with Gasteiger partial charge in [0.05, 0.1) is 42.5 Å². The van der Waals surface area contributed by atoms with Gasteiger partial charge in [-0.1, -0.05) is 6.07 Å². The average Bonchev–Trinajstić information content (AvgIpc) is 2.95. The van der Waals surface area contributed by atoms with Crippen molar-refractivity contribution in [3.05, 3.63) is 40.1 Å². The van der Waals surface area contributed by atoms with Crippen LogP contribution < -0.4 is 14.8 Å². The minimum atomic E-state index is -0.0534. The van der Waals surface area contributed by atoms with Crippen LogP contribution >= 0.6 is 15.9 Å². The van der Waals surface area contributed by atoms with Crippen molar-refractivity contribution in [1.29, 1.82) is 0 Å². The van der Waals surface area contributed by atoms with Gasteiger partial charge < -0.3 is 14.8 Å². The average molecular weight is 410 g/mol. The fraction of sp³-hybridized carbons (Fsp3) is 0.444. The van der Waals surface area contributed by atoms with Gasteiger partial charge in [-0.2, -0.15) is 5.10 Å². The van der Waals surface area contributed by atoms with E-state index in [2.05, 4.69) is 26.3 Å². The topological polar surface area (TPSA) is 65.4 Å². The quantitative estimate of drug-likeness (QED) is 0.689. The zero-order valence-electron chi connectivity index (χ0n) is 14.8. The molecule has 0 aliphatic heterocycles. The Balaban J connectivity index is 2.00. The SMILES string of the molecule is CCOc1ccc(CC(=O)NCc2c(Br)cnn2CC)cc1OCC. The van der Waals surface area contributed by atoms with E-state index in [9.17, 15) is 4.79 Å². The number of hydrogen-bond acceptors (Lipinski definition) is 4. The van der Waals surface area contributed by atoms with Gasteiger partial charge in [0.2, 0.25) is 5.91 Å². The van der Waals surface area contributed by atoms with E-state index in [-0.39, 0.29) is 12.3 Å². The summed E-state index contributed by atoms with van der Waals surface area (Å²) in [6, 6.07) is 5.60. The third-order valence-electron chi connectivity index (χ3n) is 3.62. The van der Waals surface area contributed by atoms with Gasteiger partial charge in [0, 0.05) is 6.54 Å². The molecule has 0 saturated heterocycles. The van der Waals surface area contributed by atoms with Crippen LogP contribution in [0.1, 0.15) is 32.0 Å². The van der Waals surface area contributed by atoms with Crippen molar-refractivity contribution in [1.82, 2.24) is 15.1 Å². The molecule has 136 valence electrons. The van der Waals surface area contributed by atoms with Gasteiger partial charge >= 0.3 is 0 Å². The molecule has 1 N–H and O–H groups in total. The van der Waals surface area contributed by atoms with Gasteiger partial charge in [0.25, 0.3) is 0 Å². The number of hydrogen-bond donors (Lipinski definition) is 1. The first kappa shape index (κ1) is 19.3. The van der Waals surface area contributed by atoms with Crippen molar-refractivity contribution < 1.29 is 14.3 Å². The predicted octanol–water partition coefficient (Wildman–Crippen LogP) is 3.32. The molecule has 0 atom stereocenters. The summed E-state index contributed by atoms with van der Waals surface area (Å²) in [6.07, 6.45) is 2.02. The first-order valence-corrected chi connectivity index (χ1v) is 9.23. The van der Waals surface area contributed by atoms with Gasteiger partial charge in [-0.3, -0.25) is 9.48 Å². The van der Waals surface area contributed by atoms with Gasteiger partial charge in [-0.15, -0.1) is 0 Å². The normalized spacial score (nSPS) is 10.6. The Hall–Kier alpha value is -2.02. The summed E-state index contributed by atoms with van der Waals surface area (Å²) in [5, 5.41) is 7.18. The third kappa shape index (κ3) is 5.22. The zero-order valence-corrected chi connectivity index (χ0v) is 16.4. The number of halogens is 1. The summed E-state index contributed by atoms with van der Waals surface area (Å²) in [6.45, 7) is 8.17. The van der Waals surface area contributed by atoms with Crippen molar-refractivity contribution in [3.63, 3.8) is 0 Å². The van der Waals surface area contributed by atoms with Crippen LogP contribution in [-0.2, 0) is 24.3 Å². The van der Waals surface area contributed by atoms with Crippen LogP contribution in [0.4, 0.5) is 0 Å². The number of amides is 1. The molecule has 0 bridgehead atoms. The first-order valence-electron chi connectivity index (χ1n) is 8.44. The highest BCUT2D eigenvalue weighted by atomic mass is 79.9. The lowest BCUT2D eigenvalue weighted by Gasteiger charge is -2.12. The number of rotatable bonds is 9. The number of aryl methyl sites for hydroxylation is 1. The Morgan fingerprint density at radius 3 is 2.60 bits per heavy atom. The zero-order chi connectivity index (χ0) is 18.2. The van der Waals surface area contributed by atoms with Crippen LogP contribution in [0.25, 0.3) is 0 Å². The molecule has 0 saturated carbocycles. The molecule has 0 spiro atoms. The van der Waals surface area contributed by atoms with E-state index >= 15 is 0 Å². The van der Waals surface area contributed by atoms with Crippen molar-refractivity contribution in [2.24, 2.45) is 0 Å². The highest BCUT2D eigenvalue weighted by molar-refractivity contribution is 9.10. The van der Waals surface area contributed by atoms with E-state index in [0.717, 1.165) is 22.3 Å². The summed E-state index contributed by atoms with van der Waals surface area (Å²) in [5.41, 5.74) is 1.84. The summed E-state index contributed by atoms with van der Waals surface area (Å²) in [4.78, 5) is 12.3. The van der Waals surface area contributed by atoms with Gasteiger partial charge in [-0.25, -0.2) is 0 Å². The summed E-state index contributed by atoms with van der Waals surface area (Å²) < 4.78 is 13.9. The molecule has 2 rings (SSSR count). The number of benzene rings is 1. The molecule has 25 heavy (non-hydrogen) atoms. The number of aromatic nitrogens is 2. The summed E-state index contributed by atoms with van der Waals surface area (Å²) in [5.74, 6) is 1.31. The van der Waals surface area contributed by atoms with E-state index in [1.165, 1.54) is 0 Å². The van der Waals surface area contributed by atoms with Crippen molar-refractivity contribution in [3.8, 4) is 11.5 Å². The Morgan fingerprint density at radius 2 is 1.92 bits per heavy atom. The van der Waals surface area contributed by atoms with E-state index < -0.39 is 0 Å². The van der Waals surface area contributed by atoms with Crippen LogP contribution in [0.15, 0.2) is 28.9 Å². The molecule has 1 aromatic heterocycles. The summed E-state index contributed by atoms with van der Waals surface area (Å²) >= 11 is 3.46. The molecule has 0 aliphatic carbocycles. The van der Waals surface area contributed by atoms with Crippen molar-refractivity contribution >= 4 is 21.8 Å². The van der Waals surface area contributed by atoms with Crippen molar-refractivity contribution in [2.75, 3.05) is 13.2 Å². The number of nitrogens with zero attached hydrogens (tertiary/aromatic N) is 2. The molecule has 0 radical (unpaired) electrons. The van der Waals surface area contributed by atoms with Crippen molar-refractivity contribution in [2.45, 2.75) is 40.3 Å². The second-order valence-electron chi connectivity index (χ2n) is 5.36. The molecular formula is C18H24BrN3O3. The van der Waals surface area contributed by atoms with Gasteiger partial charge in [0.15, 0.2) is 11.5 Å². The number of carbonyl (C=O) groups is 1. The molecule has 1 amide bonds. The Morgan fingerprint density at radius 1 is 1.20 bits per heavy atom. The molecule has 0 aliphatic rings.